The van der Waals surface area contributed by atoms with E-state index in [0.29, 0.717) is 0 Å². The van der Waals surface area contributed by atoms with Gasteiger partial charge in [0.25, 0.3) is 0 Å². The first-order valence-corrected chi connectivity index (χ1v) is 7.00. The van der Waals surface area contributed by atoms with Gasteiger partial charge in [0.05, 0.1) is 0 Å². The lowest BCUT2D eigenvalue weighted by molar-refractivity contribution is 0.0484. The molecule has 0 aromatic heterocycles. The van der Waals surface area contributed by atoms with Gasteiger partial charge < -0.3 is 4.74 Å². The van der Waals surface area contributed by atoms with Crippen LogP contribution in [-0.4, -0.2) is 5.60 Å². The largest absolute Gasteiger partial charge is 0.487 e. The molecule has 0 spiro atoms. The molecule has 1 heteroatoms. The maximum Gasteiger partial charge on any atom is 0.120 e. The second-order valence-corrected chi connectivity index (χ2v) is 4.76. The average Bonchev–Trinajstić information content (AvgIpc) is 2.39. The minimum Gasteiger partial charge on any atom is -0.487 e. The molecule has 1 rings (SSSR count). The van der Waals surface area contributed by atoms with E-state index in [1.807, 2.05) is 18.2 Å². The van der Waals surface area contributed by atoms with Crippen LogP contribution in [0.25, 0.3) is 0 Å². The van der Waals surface area contributed by atoms with E-state index in [-0.39, 0.29) is 5.60 Å². The Bertz CT molecular complexity index is 288. The summed E-state index contributed by atoms with van der Waals surface area (Å²) in [7, 11) is 0. The van der Waals surface area contributed by atoms with Crippen LogP contribution in [-0.2, 0) is 0 Å². The van der Waals surface area contributed by atoms with Gasteiger partial charge in [-0.25, -0.2) is 0 Å². The predicted molar refractivity (Wildman–Crippen MR) is 74.5 cm³/mol. The summed E-state index contributed by atoms with van der Waals surface area (Å²) in [6.07, 6.45) is 7.19. The van der Waals surface area contributed by atoms with Crippen LogP contribution in [0.2, 0.25) is 0 Å². The Kier molecular flexibility index (Phi) is 6.10. The first-order valence-electron chi connectivity index (χ1n) is 7.00. The average molecular weight is 234 g/mol. The van der Waals surface area contributed by atoms with E-state index in [0.717, 1.165) is 18.6 Å². The third-order valence-electron chi connectivity index (χ3n) is 3.60. The van der Waals surface area contributed by atoms with E-state index in [1.54, 1.807) is 0 Å². The molecule has 0 heterocycles. The van der Waals surface area contributed by atoms with Gasteiger partial charge in [-0.1, -0.05) is 51.8 Å². The van der Waals surface area contributed by atoms with Gasteiger partial charge in [-0.2, -0.15) is 0 Å². The molecule has 0 radical (unpaired) electrons. The highest BCUT2D eigenvalue weighted by molar-refractivity contribution is 5.22. The Balaban J connectivity index is 2.63. The summed E-state index contributed by atoms with van der Waals surface area (Å²) in [5, 5.41) is 0. The molecule has 0 saturated heterocycles. The fourth-order valence-electron chi connectivity index (χ4n) is 2.23. The first kappa shape index (κ1) is 14.1. The molecule has 0 aliphatic rings. The summed E-state index contributed by atoms with van der Waals surface area (Å²) in [6, 6.07) is 10.2. The number of hydrogen-bond donors (Lipinski definition) is 0. The Morgan fingerprint density at radius 3 is 2.12 bits per heavy atom. The number of ether oxygens (including phenoxy) is 1. The highest BCUT2D eigenvalue weighted by Crippen LogP contribution is 2.29. The molecular weight excluding hydrogens is 208 g/mol. The second kappa shape index (κ2) is 7.37. The molecule has 0 aliphatic heterocycles. The zero-order chi connectivity index (χ0) is 12.6. The van der Waals surface area contributed by atoms with Crippen LogP contribution in [0.4, 0.5) is 0 Å². The second-order valence-electron chi connectivity index (χ2n) is 4.76. The maximum absolute atomic E-state index is 6.25. The highest BCUT2D eigenvalue weighted by Gasteiger charge is 2.27. The van der Waals surface area contributed by atoms with Crippen LogP contribution in [0, 0.1) is 0 Å². The minimum absolute atomic E-state index is 0.0382. The zero-order valence-corrected chi connectivity index (χ0v) is 11.5. The summed E-state index contributed by atoms with van der Waals surface area (Å²) >= 11 is 0. The predicted octanol–water partition coefficient (Wildman–Crippen LogP) is 5.20. The number of rotatable bonds is 8. The molecule has 0 fully saturated rings. The van der Waals surface area contributed by atoms with Crippen molar-refractivity contribution in [2.75, 3.05) is 0 Å². The third kappa shape index (κ3) is 4.41. The molecule has 96 valence electrons. The van der Waals surface area contributed by atoms with Gasteiger partial charge in [-0.05, 0) is 37.8 Å². The van der Waals surface area contributed by atoms with Crippen molar-refractivity contribution in [2.24, 2.45) is 0 Å². The van der Waals surface area contributed by atoms with Crippen LogP contribution in [0.15, 0.2) is 30.3 Å². The van der Waals surface area contributed by atoms with E-state index in [9.17, 15) is 0 Å². The molecule has 1 aromatic rings. The lowest BCUT2D eigenvalue weighted by atomic mass is 9.90. The monoisotopic (exact) mass is 234 g/mol. The lowest BCUT2D eigenvalue weighted by Gasteiger charge is -2.33. The molecule has 0 bridgehead atoms. The van der Waals surface area contributed by atoms with Crippen molar-refractivity contribution in [3.63, 3.8) is 0 Å². The van der Waals surface area contributed by atoms with Crippen molar-refractivity contribution in [1.29, 1.82) is 0 Å². The van der Waals surface area contributed by atoms with Crippen LogP contribution < -0.4 is 4.74 Å². The van der Waals surface area contributed by atoms with Crippen LogP contribution in [0.1, 0.15) is 59.3 Å². The van der Waals surface area contributed by atoms with Gasteiger partial charge in [0.15, 0.2) is 0 Å². The van der Waals surface area contributed by atoms with Crippen LogP contribution in [0.5, 0.6) is 5.75 Å². The summed E-state index contributed by atoms with van der Waals surface area (Å²) in [6.45, 7) is 6.72. The van der Waals surface area contributed by atoms with Crippen molar-refractivity contribution >= 4 is 0 Å². The van der Waals surface area contributed by atoms with E-state index >= 15 is 0 Å². The molecule has 0 atom stereocenters. The topological polar surface area (TPSA) is 9.23 Å². The van der Waals surface area contributed by atoms with Crippen molar-refractivity contribution in [3.05, 3.63) is 30.3 Å². The van der Waals surface area contributed by atoms with Gasteiger partial charge >= 0.3 is 0 Å². The summed E-state index contributed by atoms with van der Waals surface area (Å²) < 4.78 is 6.25. The van der Waals surface area contributed by atoms with E-state index < -0.39 is 0 Å². The van der Waals surface area contributed by atoms with Crippen LogP contribution in [0.3, 0.4) is 0 Å². The summed E-state index contributed by atoms with van der Waals surface area (Å²) in [5.74, 6) is 1.01. The number of hydrogen-bond acceptors (Lipinski definition) is 1. The summed E-state index contributed by atoms with van der Waals surface area (Å²) in [4.78, 5) is 0. The van der Waals surface area contributed by atoms with Gasteiger partial charge in [0.2, 0.25) is 0 Å². The van der Waals surface area contributed by atoms with E-state index in [4.69, 9.17) is 4.74 Å². The van der Waals surface area contributed by atoms with Gasteiger partial charge in [0, 0.05) is 0 Å². The molecule has 17 heavy (non-hydrogen) atoms. The molecule has 0 aliphatic carbocycles. The van der Waals surface area contributed by atoms with Gasteiger partial charge in [-0.3, -0.25) is 0 Å². The molecule has 0 unspecified atom stereocenters. The summed E-state index contributed by atoms with van der Waals surface area (Å²) in [5.41, 5.74) is 0.0382. The number of unbranched alkanes of at least 4 members (excludes halogenated alkanes) is 2. The number of benzene rings is 1. The highest BCUT2D eigenvalue weighted by atomic mass is 16.5. The fourth-order valence-corrected chi connectivity index (χ4v) is 2.23. The third-order valence-corrected chi connectivity index (χ3v) is 3.60. The molecule has 0 amide bonds. The molecule has 0 saturated carbocycles. The van der Waals surface area contributed by atoms with Crippen molar-refractivity contribution in [1.82, 2.24) is 0 Å². The SMILES string of the molecule is CCCCCC(CC)(CC)Oc1ccccc1. The smallest absolute Gasteiger partial charge is 0.120 e. The van der Waals surface area contributed by atoms with Crippen molar-refractivity contribution in [2.45, 2.75) is 64.9 Å². The zero-order valence-electron chi connectivity index (χ0n) is 11.5. The number of para-hydroxylation sites is 1. The lowest BCUT2D eigenvalue weighted by Crippen LogP contribution is -2.34. The van der Waals surface area contributed by atoms with Gasteiger partial charge in [-0.15, -0.1) is 0 Å². The molecule has 0 N–H and O–H groups in total. The molecule has 1 nitrogen and oxygen atoms in total. The first-order chi connectivity index (χ1) is 8.26. The van der Waals surface area contributed by atoms with Crippen molar-refractivity contribution in [3.8, 4) is 5.75 Å². The maximum atomic E-state index is 6.25. The van der Waals surface area contributed by atoms with E-state index in [1.165, 1.54) is 25.7 Å². The Morgan fingerprint density at radius 2 is 1.59 bits per heavy atom. The van der Waals surface area contributed by atoms with E-state index in [2.05, 4.69) is 32.9 Å². The van der Waals surface area contributed by atoms with Crippen molar-refractivity contribution < 1.29 is 4.74 Å². The Morgan fingerprint density at radius 1 is 0.941 bits per heavy atom. The van der Waals surface area contributed by atoms with Gasteiger partial charge in [0.1, 0.15) is 11.4 Å². The minimum atomic E-state index is 0.0382. The Labute approximate surface area is 106 Å². The molecular formula is C16H26O. The fraction of sp³-hybridized carbons (Fsp3) is 0.625. The van der Waals surface area contributed by atoms with Crippen LogP contribution >= 0.6 is 0 Å². The quantitative estimate of drug-likeness (QED) is 0.561. The Hall–Kier alpha value is -0.980. The standard InChI is InChI=1S/C16H26O/c1-4-7-11-14-16(5-2,6-3)17-15-12-9-8-10-13-15/h8-10,12-13H,4-7,11,14H2,1-3H3. The normalized spacial score (nSPS) is 11.5. The molecule has 1 aromatic carbocycles.